The molecule has 1 saturated heterocycles. The van der Waals surface area contributed by atoms with E-state index < -0.39 is 0 Å². The zero-order valence-corrected chi connectivity index (χ0v) is 15.6. The minimum absolute atomic E-state index is 0.0381. The van der Waals surface area contributed by atoms with Crippen LogP contribution in [-0.2, 0) is 6.54 Å². The Morgan fingerprint density at radius 1 is 1.00 bits per heavy atom. The molecular weight excluding hydrogens is 362 g/mol. The van der Waals surface area contributed by atoms with Gasteiger partial charge in [0.25, 0.3) is 11.5 Å². The molecule has 0 unspecified atom stereocenters. The number of aromatic amines is 1. The normalized spacial score (nSPS) is 15.2. The first-order valence-electron chi connectivity index (χ1n) is 8.99. The van der Waals surface area contributed by atoms with Crippen molar-refractivity contribution in [3.8, 4) is 0 Å². The molecule has 0 aliphatic carbocycles. The minimum atomic E-state index is -0.0525. The van der Waals surface area contributed by atoms with Gasteiger partial charge in [-0.3, -0.25) is 14.5 Å². The second kappa shape index (κ2) is 7.55. The Hall–Kier alpha value is -2.63. The average Bonchev–Trinajstić information content (AvgIpc) is 2.69. The average molecular weight is 382 g/mol. The summed E-state index contributed by atoms with van der Waals surface area (Å²) in [5.74, 6) is -0.0381. The Balaban J connectivity index is 1.43. The summed E-state index contributed by atoms with van der Waals surface area (Å²) in [5.41, 5.74) is 2.09. The number of nitrogens with zero attached hydrogens (tertiary/aromatic N) is 2. The van der Waals surface area contributed by atoms with E-state index in [1.807, 2.05) is 47.4 Å². The summed E-state index contributed by atoms with van der Waals surface area (Å²) in [6, 6.07) is 16.9. The molecule has 138 valence electrons. The molecule has 1 aliphatic rings. The van der Waals surface area contributed by atoms with Gasteiger partial charge >= 0.3 is 0 Å². The minimum Gasteiger partial charge on any atom is -0.336 e. The molecule has 1 aromatic heterocycles. The number of hydrogen-bond donors (Lipinski definition) is 1. The highest BCUT2D eigenvalue weighted by atomic mass is 35.5. The highest BCUT2D eigenvalue weighted by Gasteiger charge is 2.23. The number of carbonyl (C=O) groups is 1. The van der Waals surface area contributed by atoms with Crippen molar-refractivity contribution in [2.24, 2.45) is 0 Å². The van der Waals surface area contributed by atoms with Crippen molar-refractivity contribution in [1.82, 2.24) is 14.8 Å². The lowest BCUT2D eigenvalue weighted by atomic mass is 10.1. The van der Waals surface area contributed by atoms with E-state index in [0.29, 0.717) is 30.2 Å². The van der Waals surface area contributed by atoms with Gasteiger partial charge in [0.1, 0.15) is 0 Å². The van der Waals surface area contributed by atoms with Crippen LogP contribution in [0.4, 0.5) is 0 Å². The number of amides is 1. The molecule has 0 bridgehead atoms. The third-order valence-electron chi connectivity index (χ3n) is 4.99. The number of pyridine rings is 1. The Morgan fingerprint density at radius 2 is 1.70 bits per heavy atom. The zero-order valence-electron chi connectivity index (χ0n) is 14.8. The third-order valence-corrected chi connectivity index (χ3v) is 5.32. The molecule has 27 heavy (non-hydrogen) atoms. The van der Waals surface area contributed by atoms with Gasteiger partial charge in [-0.15, -0.1) is 0 Å². The van der Waals surface area contributed by atoms with Crippen LogP contribution in [0.15, 0.2) is 59.4 Å². The predicted molar refractivity (Wildman–Crippen MR) is 107 cm³/mol. The number of para-hydroxylation sites is 1. The monoisotopic (exact) mass is 381 g/mol. The molecule has 1 N–H and O–H groups in total. The van der Waals surface area contributed by atoms with E-state index in [0.717, 1.165) is 29.6 Å². The standard InChI is InChI=1S/C21H20ClN3O2/c22-18-7-3-2-6-17(18)21(27)25-11-9-24(10-12-25)14-16-13-15-5-1-4-8-19(15)23-20(16)26/h1-8,13H,9-12,14H2,(H,23,26). The first kappa shape index (κ1) is 17.8. The number of piperazine rings is 1. The summed E-state index contributed by atoms with van der Waals surface area (Å²) in [7, 11) is 0. The van der Waals surface area contributed by atoms with Crippen LogP contribution in [0.1, 0.15) is 15.9 Å². The Kier molecular flexibility index (Phi) is 4.97. The summed E-state index contributed by atoms with van der Waals surface area (Å²) in [6.07, 6.45) is 0. The number of halogens is 1. The highest BCUT2D eigenvalue weighted by molar-refractivity contribution is 6.33. The largest absolute Gasteiger partial charge is 0.336 e. The molecule has 0 radical (unpaired) electrons. The summed E-state index contributed by atoms with van der Waals surface area (Å²) in [6.45, 7) is 3.27. The fraction of sp³-hybridized carbons (Fsp3) is 0.238. The maximum absolute atomic E-state index is 12.7. The van der Waals surface area contributed by atoms with Crippen molar-refractivity contribution in [2.75, 3.05) is 26.2 Å². The number of carbonyl (C=O) groups excluding carboxylic acids is 1. The van der Waals surface area contributed by atoms with E-state index in [9.17, 15) is 9.59 Å². The quantitative estimate of drug-likeness (QED) is 0.758. The van der Waals surface area contributed by atoms with Gasteiger partial charge in [-0.05, 0) is 29.7 Å². The van der Waals surface area contributed by atoms with E-state index in [2.05, 4.69) is 9.88 Å². The maximum atomic E-state index is 12.7. The predicted octanol–water partition coefficient (Wildman–Crippen LogP) is 3.14. The van der Waals surface area contributed by atoms with Crippen LogP contribution in [0.3, 0.4) is 0 Å². The van der Waals surface area contributed by atoms with Gasteiger partial charge in [-0.25, -0.2) is 0 Å². The highest BCUT2D eigenvalue weighted by Crippen LogP contribution is 2.18. The lowest BCUT2D eigenvalue weighted by molar-refractivity contribution is 0.0628. The Bertz CT molecular complexity index is 1040. The van der Waals surface area contributed by atoms with Gasteiger partial charge in [-0.1, -0.05) is 41.9 Å². The molecule has 0 spiro atoms. The van der Waals surface area contributed by atoms with E-state index >= 15 is 0 Å². The van der Waals surface area contributed by atoms with Gasteiger partial charge in [0.2, 0.25) is 0 Å². The molecule has 1 amide bonds. The number of aromatic nitrogens is 1. The number of hydrogen-bond acceptors (Lipinski definition) is 3. The lowest BCUT2D eigenvalue weighted by Crippen LogP contribution is -2.48. The molecule has 2 aromatic carbocycles. The van der Waals surface area contributed by atoms with E-state index in [1.165, 1.54) is 0 Å². The molecule has 5 nitrogen and oxygen atoms in total. The summed E-state index contributed by atoms with van der Waals surface area (Å²) < 4.78 is 0. The van der Waals surface area contributed by atoms with Crippen LogP contribution in [-0.4, -0.2) is 46.9 Å². The van der Waals surface area contributed by atoms with E-state index in [-0.39, 0.29) is 11.5 Å². The van der Waals surface area contributed by atoms with Gasteiger partial charge in [0, 0.05) is 43.8 Å². The van der Waals surface area contributed by atoms with Crippen molar-refractivity contribution in [1.29, 1.82) is 0 Å². The fourth-order valence-corrected chi connectivity index (χ4v) is 3.68. The third kappa shape index (κ3) is 3.75. The van der Waals surface area contributed by atoms with Gasteiger partial charge < -0.3 is 9.88 Å². The Labute approximate surface area is 162 Å². The molecule has 6 heteroatoms. The number of benzene rings is 2. The Morgan fingerprint density at radius 3 is 2.48 bits per heavy atom. The van der Waals surface area contributed by atoms with Crippen molar-refractivity contribution >= 4 is 28.4 Å². The van der Waals surface area contributed by atoms with Gasteiger partial charge in [-0.2, -0.15) is 0 Å². The number of rotatable bonds is 3. The van der Waals surface area contributed by atoms with Gasteiger partial charge in [0.15, 0.2) is 0 Å². The second-order valence-corrected chi connectivity index (χ2v) is 7.17. The SMILES string of the molecule is O=C(c1ccccc1Cl)N1CCN(Cc2cc3ccccc3[nH]c2=O)CC1. The van der Waals surface area contributed by atoms with Crippen molar-refractivity contribution < 1.29 is 4.79 Å². The lowest BCUT2D eigenvalue weighted by Gasteiger charge is -2.34. The van der Waals surface area contributed by atoms with Crippen LogP contribution in [0.2, 0.25) is 5.02 Å². The molecule has 1 fully saturated rings. The van der Waals surface area contributed by atoms with Gasteiger partial charge in [0.05, 0.1) is 10.6 Å². The molecule has 3 aromatic rings. The fourth-order valence-electron chi connectivity index (χ4n) is 3.46. The number of nitrogens with one attached hydrogen (secondary N) is 1. The zero-order chi connectivity index (χ0) is 18.8. The van der Waals surface area contributed by atoms with Crippen molar-refractivity contribution in [2.45, 2.75) is 6.54 Å². The molecule has 2 heterocycles. The van der Waals surface area contributed by atoms with Crippen LogP contribution >= 0.6 is 11.6 Å². The van der Waals surface area contributed by atoms with Crippen LogP contribution in [0.5, 0.6) is 0 Å². The first-order valence-corrected chi connectivity index (χ1v) is 9.37. The maximum Gasteiger partial charge on any atom is 0.255 e. The first-order chi connectivity index (χ1) is 13.1. The molecule has 0 atom stereocenters. The summed E-state index contributed by atoms with van der Waals surface area (Å²) >= 11 is 6.14. The molecule has 1 aliphatic heterocycles. The summed E-state index contributed by atoms with van der Waals surface area (Å²) in [5, 5.41) is 1.51. The second-order valence-electron chi connectivity index (χ2n) is 6.76. The van der Waals surface area contributed by atoms with Crippen molar-refractivity contribution in [3.05, 3.63) is 81.1 Å². The van der Waals surface area contributed by atoms with Crippen LogP contribution in [0.25, 0.3) is 10.9 Å². The van der Waals surface area contributed by atoms with E-state index in [4.69, 9.17) is 11.6 Å². The van der Waals surface area contributed by atoms with Crippen LogP contribution in [0, 0.1) is 0 Å². The molecule has 4 rings (SSSR count). The van der Waals surface area contributed by atoms with Crippen LogP contribution < -0.4 is 5.56 Å². The molecular formula is C21H20ClN3O2. The number of fused-ring (bicyclic) bond motifs is 1. The smallest absolute Gasteiger partial charge is 0.255 e. The van der Waals surface area contributed by atoms with Crippen molar-refractivity contribution in [3.63, 3.8) is 0 Å². The molecule has 0 saturated carbocycles. The number of H-pyrrole nitrogens is 1. The topological polar surface area (TPSA) is 56.4 Å². The van der Waals surface area contributed by atoms with E-state index in [1.54, 1.807) is 12.1 Å². The summed E-state index contributed by atoms with van der Waals surface area (Å²) in [4.78, 5) is 32.0.